The number of hydrogen-bond acceptors (Lipinski definition) is 9. The molecule has 0 saturated carbocycles. The number of nitrogens with one attached hydrogen (secondary N) is 1. The van der Waals surface area contributed by atoms with Crippen LogP contribution in [0.25, 0.3) is 11.0 Å². The summed E-state index contributed by atoms with van der Waals surface area (Å²) >= 11 is 0. The summed E-state index contributed by atoms with van der Waals surface area (Å²) in [6.45, 7) is 2.31. The maximum absolute atomic E-state index is 9.41. The van der Waals surface area contributed by atoms with Crippen molar-refractivity contribution in [3.63, 3.8) is 0 Å². The van der Waals surface area contributed by atoms with Crippen LogP contribution in [0.3, 0.4) is 0 Å². The molecule has 3 aromatic rings. The summed E-state index contributed by atoms with van der Waals surface area (Å²) in [5.74, 6) is 1.31. The largest absolute Gasteiger partial charge is 0.495 e. The topological polar surface area (TPSA) is 144 Å². The first-order valence-electron chi connectivity index (χ1n) is 9.59. The smallest absolute Gasteiger partial charge is 0.222 e. The Bertz CT molecular complexity index is 954. The molecule has 0 aliphatic heterocycles. The molecule has 0 radical (unpaired) electrons. The van der Waals surface area contributed by atoms with Gasteiger partial charge < -0.3 is 26.0 Å². The second-order valence-electron chi connectivity index (χ2n) is 6.72. The minimum Gasteiger partial charge on any atom is -0.495 e. The summed E-state index contributed by atoms with van der Waals surface area (Å²) in [5, 5.41) is 26.6. The highest BCUT2D eigenvalue weighted by molar-refractivity contribution is 5.86. The van der Waals surface area contributed by atoms with Gasteiger partial charge in [0.2, 0.25) is 5.95 Å². The summed E-state index contributed by atoms with van der Waals surface area (Å²) in [6.07, 6.45) is 4.08. The number of rotatable bonds is 10. The molecular formula is C19H27N7O3. The Balaban J connectivity index is 2.02. The first-order valence-corrected chi connectivity index (χ1v) is 9.59. The lowest BCUT2D eigenvalue weighted by Crippen LogP contribution is -2.22. The van der Waals surface area contributed by atoms with Crippen molar-refractivity contribution in [1.29, 1.82) is 0 Å². The van der Waals surface area contributed by atoms with Gasteiger partial charge in [0.15, 0.2) is 5.82 Å². The van der Waals surface area contributed by atoms with Crippen LogP contribution < -0.4 is 15.8 Å². The fourth-order valence-electron chi connectivity index (χ4n) is 3.29. The Kier molecular flexibility index (Phi) is 6.78. The summed E-state index contributed by atoms with van der Waals surface area (Å²) in [7, 11) is 1.57. The fourth-order valence-corrected chi connectivity index (χ4v) is 3.29. The van der Waals surface area contributed by atoms with Crippen molar-refractivity contribution in [3.05, 3.63) is 29.7 Å². The van der Waals surface area contributed by atoms with Gasteiger partial charge in [-0.3, -0.25) is 4.68 Å². The minimum absolute atomic E-state index is 0.0521. The molecule has 3 rings (SSSR count). The molecule has 0 bridgehead atoms. The number of anilines is 2. The van der Waals surface area contributed by atoms with Gasteiger partial charge in [-0.15, -0.1) is 0 Å². The normalized spacial score (nSPS) is 12.3. The Morgan fingerprint density at radius 1 is 1.21 bits per heavy atom. The van der Waals surface area contributed by atoms with Crippen molar-refractivity contribution >= 4 is 22.8 Å². The Morgan fingerprint density at radius 3 is 2.72 bits per heavy atom. The number of aromatic nitrogens is 5. The molecule has 5 N–H and O–H groups in total. The van der Waals surface area contributed by atoms with Crippen LogP contribution in [-0.2, 0) is 13.2 Å². The zero-order chi connectivity index (χ0) is 20.8. The van der Waals surface area contributed by atoms with E-state index in [1.165, 1.54) is 0 Å². The first kappa shape index (κ1) is 20.7. The van der Waals surface area contributed by atoms with Gasteiger partial charge in [0, 0.05) is 12.6 Å². The van der Waals surface area contributed by atoms with E-state index < -0.39 is 0 Å². The van der Waals surface area contributed by atoms with Crippen LogP contribution in [0.1, 0.15) is 37.6 Å². The average molecular weight is 401 g/mol. The van der Waals surface area contributed by atoms with Gasteiger partial charge in [-0.25, -0.2) is 9.97 Å². The van der Waals surface area contributed by atoms with E-state index in [1.54, 1.807) is 30.1 Å². The molecule has 0 aromatic carbocycles. The van der Waals surface area contributed by atoms with E-state index in [9.17, 15) is 10.2 Å². The molecule has 29 heavy (non-hydrogen) atoms. The highest BCUT2D eigenvalue weighted by Gasteiger charge is 2.18. The molecule has 0 aliphatic rings. The molecular weight excluding hydrogens is 374 g/mol. The van der Waals surface area contributed by atoms with Crippen molar-refractivity contribution in [2.75, 3.05) is 24.8 Å². The van der Waals surface area contributed by atoms with Crippen LogP contribution in [0.15, 0.2) is 18.3 Å². The van der Waals surface area contributed by atoms with Gasteiger partial charge >= 0.3 is 0 Å². The lowest BCUT2D eigenvalue weighted by Gasteiger charge is -2.19. The number of fused-ring (bicyclic) bond motifs is 1. The molecule has 0 amide bonds. The number of ether oxygens (including phenoxy) is 1. The number of aliphatic hydroxyl groups is 2. The molecule has 0 aliphatic carbocycles. The van der Waals surface area contributed by atoms with Crippen molar-refractivity contribution in [2.45, 2.75) is 45.4 Å². The average Bonchev–Trinajstić information content (AvgIpc) is 3.10. The van der Waals surface area contributed by atoms with Crippen molar-refractivity contribution in [1.82, 2.24) is 24.7 Å². The third-order valence-electron chi connectivity index (χ3n) is 4.63. The molecule has 1 atom stereocenters. The number of nitrogens with zero attached hydrogens (tertiary/aromatic N) is 5. The first-order chi connectivity index (χ1) is 14.1. The van der Waals surface area contributed by atoms with Crippen LogP contribution in [0.4, 0.5) is 11.8 Å². The second-order valence-corrected chi connectivity index (χ2v) is 6.72. The standard InChI is InChI=1S/C19H27N7O3/c1-3-4-12(7-8-27)23-18-17-14(24-19(20)25-18)9-21-26(17)10-15-16(29-2)6-5-13(11-28)22-15/h5-6,9,12,27-28H,3-4,7-8,10-11H2,1-2H3,(H3,20,23,24,25). The highest BCUT2D eigenvalue weighted by atomic mass is 16.5. The molecule has 1 unspecified atom stereocenters. The van der Waals surface area contributed by atoms with Gasteiger partial charge in [-0.05, 0) is 25.0 Å². The monoisotopic (exact) mass is 401 g/mol. The number of pyridine rings is 1. The van der Waals surface area contributed by atoms with Crippen LogP contribution in [0.2, 0.25) is 0 Å². The number of nitrogen functional groups attached to an aromatic ring is 1. The van der Waals surface area contributed by atoms with Gasteiger partial charge in [0.1, 0.15) is 22.5 Å². The maximum atomic E-state index is 9.41. The van der Waals surface area contributed by atoms with E-state index >= 15 is 0 Å². The quantitative estimate of drug-likeness (QED) is 0.395. The van der Waals surface area contributed by atoms with Gasteiger partial charge in [0.05, 0.1) is 32.2 Å². The van der Waals surface area contributed by atoms with Gasteiger partial charge in [-0.1, -0.05) is 13.3 Å². The Hall–Kier alpha value is -2.98. The molecule has 0 saturated heterocycles. The zero-order valence-electron chi connectivity index (χ0n) is 16.7. The van der Waals surface area contributed by atoms with Crippen molar-refractivity contribution in [3.8, 4) is 5.75 Å². The lowest BCUT2D eigenvalue weighted by atomic mass is 10.1. The number of hydrogen-bond donors (Lipinski definition) is 4. The third kappa shape index (κ3) is 4.72. The Labute approximate surface area is 168 Å². The van der Waals surface area contributed by atoms with E-state index in [0.29, 0.717) is 47.0 Å². The summed E-state index contributed by atoms with van der Waals surface area (Å²) in [4.78, 5) is 13.1. The fraction of sp³-hybridized carbons (Fsp3) is 0.474. The van der Waals surface area contributed by atoms with E-state index in [-0.39, 0.29) is 25.2 Å². The lowest BCUT2D eigenvalue weighted by molar-refractivity contribution is 0.275. The minimum atomic E-state index is -0.164. The molecule has 3 aromatic heterocycles. The van der Waals surface area contributed by atoms with Gasteiger partial charge in [-0.2, -0.15) is 10.1 Å². The number of methoxy groups -OCH3 is 1. The van der Waals surface area contributed by atoms with Crippen LogP contribution in [0, 0.1) is 0 Å². The predicted molar refractivity (Wildman–Crippen MR) is 110 cm³/mol. The summed E-state index contributed by atoms with van der Waals surface area (Å²) in [5.41, 5.74) is 8.36. The predicted octanol–water partition coefficient (Wildman–Crippen LogP) is 1.32. The van der Waals surface area contributed by atoms with Crippen LogP contribution in [-0.4, -0.2) is 54.7 Å². The molecule has 156 valence electrons. The van der Waals surface area contributed by atoms with E-state index in [2.05, 4.69) is 32.3 Å². The van der Waals surface area contributed by atoms with Crippen molar-refractivity contribution in [2.24, 2.45) is 0 Å². The second kappa shape index (κ2) is 9.48. The number of aliphatic hydroxyl groups excluding tert-OH is 2. The van der Waals surface area contributed by atoms with Crippen LogP contribution in [0.5, 0.6) is 5.75 Å². The summed E-state index contributed by atoms with van der Waals surface area (Å²) < 4.78 is 7.13. The maximum Gasteiger partial charge on any atom is 0.222 e. The van der Waals surface area contributed by atoms with Gasteiger partial charge in [0.25, 0.3) is 0 Å². The Morgan fingerprint density at radius 2 is 2.03 bits per heavy atom. The number of nitrogens with two attached hydrogens (primary N) is 1. The third-order valence-corrected chi connectivity index (χ3v) is 4.63. The zero-order valence-corrected chi connectivity index (χ0v) is 16.7. The molecule has 0 spiro atoms. The van der Waals surface area contributed by atoms with Crippen LogP contribution >= 0.6 is 0 Å². The molecule has 10 heteroatoms. The molecule has 3 heterocycles. The van der Waals surface area contributed by atoms with Crippen molar-refractivity contribution < 1.29 is 14.9 Å². The highest BCUT2D eigenvalue weighted by Crippen LogP contribution is 2.25. The summed E-state index contributed by atoms with van der Waals surface area (Å²) in [6, 6.07) is 3.53. The van der Waals surface area contributed by atoms with E-state index in [0.717, 1.165) is 12.8 Å². The molecule has 0 fully saturated rings. The molecule has 10 nitrogen and oxygen atoms in total. The van der Waals surface area contributed by atoms with E-state index in [1.807, 2.05) is 0 Å². The van der Waals surface area contributed by atoms with E-state index in [4.69, 9.17) is 10.5 Å². The SMILES string of the molecule is CCCC(CCO)Nc1nc(N)nc2cnn(Cc3nc(CO)ccc3OC)c12.